The van der Waals surface area contributed by atoms with E-state index in [1.807, 2.05) is 30.3 Å². The quantitative estimate of drug-likeness (QED) is 0.423. The maximum Gasteiger partial charge on any atom is 0.401 e. The Morgan fingerprint density at radius 3 is 2.30 bits per heavy atom. The lowest BCUT2D eigenvalue weighted by Gasteiger charge is -2.24. The van der Waals surface area contributed by atoms with Crippen LogP contribution in [0.15, 0.2) is 54.6 Å². The molecule has 176 valence electrons. The minimum absolute atomic E-state index is 0.244. The molecular formula is C22H23ClF3N5OS. The number of nitrogens with zero attached hydrogens (tertiary/aromatic N) is 5. The summed E-state index contributed by atoms with van der Waals surface area (Å²) in [6.45, 7) is -1.60. The van der Waals surface area contributed by atoms with Crippen LogP contribution in [-0.4, -0.2) is 63.4 Å². The van der Waals surface area contributed by atoms with Crippen LogP contribution < -0.4 is 0 Å². The van der Waals surface area contributed by atoms with Gasteiger partial charge in [-0.1, -0.05) is 41.9 Å². The molecular weight excluding hydrogens is 475 g/mol. The molecule has 11 heteroatoms. The van der Waals surface area contributed by atoms with E-state index >= 15 is 0 Å². The monoisotopic (exact) mass is 497 g/mol. The Balaban J connectivity index is 2.01. The van der Waals surface area contributed by atoms with Crippen molar-refractivity contribution in [3.63, 3.8) is 0 Å². The van der Waals surface area contributed by atoms with Gasteiger partial charge in [0, 0.05) is 24.7 Å². The van der Waals surface area contributed by atoms with Crippen LogP contribution in [0.4, 0.5) is 13.2 Å². The highest BCUT2D eigenvalue weighted by Gasteiger charge is 2.32. The van der Waals surface area contributed by atoms with Gasteiger partial charge in [0.25, 0.3) is 0 Å². The minimum Gasteiger partial charge on any atom is -0.348 e. The number of hydrogen-bond acceptors (Lipinski definition) is 4. The highest BCUT2D eigenvalue weighted by molar-refractivity contribution is 7.71. The van der Waals surface area contributed by atoms with Gasteiger partial charge < -0.3 is 4.90 Å². The first-order valence-electron chi connectivity index (χ1n) is 10.0. The molecule has 2 aromatic carbocycles. The standard InChI is InChI=1S/C22H23ClF3N5OS/c1-28(2)19(32)13-29(14-22(24,25)26)15-31-21(33)30(12-16-6-4-3-5-7-16)20(27-31)17-8-10-18(23)11-9-17/h3-11H,12-15H2,1-2H3. The smallest absolute Gasteiger partial charge is 0.348 e. The lowest BCUT2D eigenvalue weighted by Crippen LogP contribution is -2.42. The van der Waals surface area contributed by atoms with Gasteiger partial charge in [-0.25, -0.2) is 4.68 Å². The molecule has 0 spiro atoms. The molecule has 0 radical (unpaired) electrons. The summed E-state index contributed by atoms with van der Waals surface area (Å²) in [4.78, 5) is 14.3. The Bertz CT molecular complexity index is 1140. The molecule has 0 saturated heterocycles. The summed E-state index contributed by atoms with van der Waals surface area (Å²) >= 11 is 11.6. The first kappa shape index (κ1) is 24.9. The van der Waals surface area contributed by atoms with Gasteiger partial charge in [0.1, 0.15) is 0 Å². The van der Waals surface area contributed by atoms with Crippen molar-refractivity contribution in [2.45, 2.75) is 19.4 Å². The number of amides is 1. The van der Waals surface area contributed by atoms with Crippen LogP contribution in [0.5, 0.6) is 0 Å². The van der Waals surface area contributed by atoms with E-state index in [1.54, 1.807) is 28.8 Å². The second-order valence-electron chi connectivity index (χ2n) is 7.72. The predicted octanol–water partition coefficient (Wildman–Crippen LogP) is 4.69. The number of benzene rings is 2. The number of carbonyl (C=O) groups is 1. The molecule has 0 aliphatic carbocycles. The van der Waals surface area contributed by atoms with Crippen molar-refractivity contribution in [3.8, 4) is 11.4 Å². The third-order valence-corrected chi connectivity index (χ3v) is 5.49. The number of halogens is 4. The van der Waals surface area contributed by atoms with Gasteiger partial charge in [0.05, 0.1) is 26.3 Å². The Morgan fingerprint density at radius 1 is 1.09 bits per heavy atom. The van der Waals surface area contributed by atoms with Crippen molar-refractivity contribution in [1.82, 2.24) is 24.1 Å². The molecule has 1 amide bonds. The Kier molecular flexibility index (Phi) is 7.93. The Hall–Kier alpha value is -2.69. The number of alkyl halides is 3. The normalized spacial score (nSPS) is 11.7. The van der Waals surface area contributed by atoms with Crippen LogP contribution in [0, 0.1) is 4.77 Å². The van der Waals surface area contributed by atoms with Crippen molar-refractivity contribution in [1.29, 1.82) is 0 Å². The summed E-state index contributed by atoms with van der Waals surface area (Å²) in [5.41, 5.74) is 1.67. The number of aromatic nitrogens is 3. The number of carbonyl (C=O) groups excluding carboxylic acids is 1. The Labute approximate surface area is 199 Å². The third-order valence-electron chi connectivity index (χ3n) is 4.80. The molecule has 6 nitrogen and oxygen atoms in total. The van der Waals surface area contributed by atoms with Gasteiger partial charge in [-0.2, -0.15) is 18.3 Å². The molecule has 0 fully saturated rings. The second kappa shape index (κ2) is 10.5. The van der Waals surface area contributed by atoms with Crippen molar-refractivity contribution in [2.75, 3.05) is 27.2 Å². The van der Waals surface area contributed by atoms with Gasteiger partial charge in [0.15, 0.2) is 10.6 Å². The van der Waals surface area contributed by atoms with E-state index in [-0.39, 0.29) is 11.4 Å². The van der Waals surface area contributed by atoms with E-state index < -0.39 is 25.2 Å². The molecule has 0 saturated carbocycles. The summed E-state index contributed by atoms with van der Waals surface area (Å²) in [5, 5.41) is 5.07. The van der Waals surface area contributed by atoms with Gasteiger partial charge in [-0.3, -0.25) is 14.3 Å². The summed E-state index contributed by atoms with van der Waals surface area (Å²) in [6, 6.07) is 16.5. The highest BCUT2D eigenvalue weighted by atomic mass is 35.5. The van der Waals surface area contributed by atoms with E-state index in [0.717, 1.165) is 10.5 Å². The Morgan fingerprint density at radius 2 is 1.73 bits per heavy atom. The van der Waals surface area contributed by atoms with E-state index in [0.29, 0.717) is 23.0 Å². The zero-order chi connectivity index (χ0) is 24.2. The number of likely N-dealkylation sites (N-methyl/N-ethyl adjacent to an activating group) is 1. The molecule has 0 unspecified atom stereocenters. The van der Waals surface area contributed by atoms with Gasteiger partial charge in [-0.05, 0) is 42.0 Å². The molecule has 3 rings (SSSR count). The fourth-order valence-electron chi connectivity index (χ4n) is 3.19. The number of hydrogen-bond donors (Lipinski definition) is 0. The van der Waals surface area contributed by atoms with Crippen molar-refractivity contribution in [3.05, 3.63) is 70.0 Å². The van der Waals surface area contributed by atoms with Crippen LogP contribution in [0.1, 0.15) is 5.56 Å². The number of rotatable bonds is 8. The van der Waals surface area contributed by atoms with E-state index in [4.69, 9.17) is 23.8 Å². The molecule has 0 atom stereocenters. The van der Waals surface area contributed by atoms with Crippen molar-refractivity contribution in [2.24, 2.45) is 0 Å². The summed E-state index contributed by atoms with van der Waals surface area (Å²) in [5.74, 6) is 0.0406. The van der Waals surface area contributed by atoms with Crippen LogP contribution in [0.2, 0.25) is 5.02 Å². The first-order valence-corrected chi connectivity index (χ1v) is 10.8. The van der Waals surface area contributed by atoms with Crippen LogP contribution in [0.3, 0.4) is 0 Å². The van der Waals surface area contributed by atoms with Crippen LogP contribution >= 0.6 is 23.8 Å². The maximum atomic E-state index is 13.2. The molecule has 0 aliphatic heterocycles. The van der Waals surface area contributed by atoms with Crippen molar-refractivity contribution < 1.29 is 18.0 Å². The second-order valence-corrected chi connectivity index (χ2v) is 8.52. The highest BCUT2D eigenvalue weighted by Crippen LogP contribution is 2.23. The molecule has 1 heterocycles. The van der Waals surface area contributed by atoms with Crippen molar-refractivity contribution >= 4 is 29.7 Å². The minimum atomic E-state index is -4.49. The van der Waals surface area contributed by atoms with Gasteiger partial charge in [-0.15, -0.1) is 0 Å². The fraction of sp³-hybridized carbons (Fsp3) is 0.318. The average Bonchev–Trinajstić information content (AvgIpc) is 3.03. The zero-order valence-electron chi connectivity index (χ0n) is 18.1. The fourth-order valence-corrected chi connectivity index (χ4v) is 3.56. The van der Waals surface area contributed by atoms with E-state index in [9.17, 15) is 18.0 Å². The lowest BCUT2D eigenvalue weighted by molar-refractivity contribution is -0.154. The topological polar surface area (TPSA) is 46.3 Å². The van der Waals surface area contributed by atoms with Crippen LogP contribution in [-0.2, 0) is 18.0 Å². The molecule has 0 bridgehead atoms. The van der Waals surface area contributed by atoms with Crippen LogP contribution in [0.25, 0.3) is 11.4 Å². The average molecular weight is 498 g/mol. The predicted molar refractivity (Wildman–Crippen MR) is 123 cm³/mol. The molecule has 1 aromatic heterocycles. The summed E-state index contributed by atoms with van der Waals surface area (Å²) in [7, 11) is 2.99. The zero-order valence-corrected chi connectivity index (χ0v) is 19.7. The molecule has 33 heavy (non-hydrogen) atoms. The lowest BCUT2D eigenvalue weighted by atomic mass is 10.2. The van der Waals surface area contributed by atoms with E-state index in [1.165, 1.54) is 23.7 Å². The largest absolute Gasteiger partial charge is 0.401 e. The third kappa shape index (κ3) is 6.89. The maximum absolute atomic E-state index is 13.2. The first-order chi connectivity index (χ1) is 15.5. The molecule has 0 N–H and O–H groups in total. The van der Waals surface area contributed by atoms with Gasteiger partial charge in [0.2, 0.25) is 5.91 Å². The van der Waals surface area contributed by atoms with Gasteiger partial charge >= 0.3 is 6.18 Å². The van der Waals surface area contributed by atoms with E-state index in [2.05, 4.69) is 5.10 Å². The summed E-state index contributed by atoms with van der Waals surface area (Å²) in [6.07, 6.45) is -4.49. The SMILES string of the molecule is CN(C)C(=O)CN(Cn1nc(-c2ccc(Cl)cc2)n(Cc2ccccc2)c1=S)CC(F)(F)F. The summed E-state index contributed by atoms with van der Waals surface area (Å²) < 4.78 is 42.9. The molecule has 3 aromatic rings. The molecule has 0 aliphatic rings.